The van der Waals surface area contributed by atoms with Crippen LogP contribution in [0.3, 0.4) is 0 Å². The molecule has 3 heteroatoms. The van der Waals surface area contributed by atoms with Gasteiger partial charge < -0.3 is 5.11 Å². The monoisotopic (exact) mass is 143 g/mol. The molecule has 0 bridgehead atoms. The van der Waals surface area contributed by atoms with Gasteiger partial charge in [0, 0.05) is 6.54 Å². The lowest BCUT2D eigenvalue weighted by Crippen LogP contribution is -2.22. The van der Waals surface area contributed by atoms with Gasteiger partial charge in [0.1, 0.15) is 0 Å². The van der Waals surface area contributed by atoms with Gasteiger partial charge in [0.25, 0.3) is 0 Å². The number of hydrogen-bond donors (Lipinski definition) is 1. The number of hydrogen-bond acceptors (Lipinski definition) is 3. The maximum absolute atomic E-state index is 9.02. The van der Waals surface area contributed by atoms with Crippen LogP contribution in [0.5, 0.6) is 0 Å². The topological polar surface area (TPSA) is 32.7 Å². The van der Waals surface area contributed by atoms with E-state index in [4.69, 9.17) is 9.94 Å². The quantitative estimate of drug-likeness (QED) is 0.559. The van der Waals surface area contributed by atoms with E-state index in [1.165, 1.54) is 0 Å². The van der Waals surface area contributed by atoms with Gasteiger partial charge >= 0.3 is 0 Å². The Kier molecular flexibility index (Phi) is 2.43. The Morgan fingerprint density at radius 3 is 3.00 bits per heavy atom. The van der Waals surface area contributed by atoms with Crippen molar-refractivity contribution in [1.29, 1.82) is 0 Å². The van der Waals surface area contributed by atoms with Crippen molar-refractivity contribution in [1.82, 2.24) is 5.06 Å². The van der Waals surface area contributed by atoms with Gasteiger partial charge in [0.05, 0.1) is 19.3 Å². The molecule has 0 spiro atoms. The van der Waals surface area contributed by atoms with E-state index >= 15 is 0 Å². The van der Waals surface area contributed by atoms with Crippen molar-refractivity contribution in [2.45, 2.75) is 13.0 Å². The largest absolute Gasteiger partial charge is 0.389 e. The van der Waals surface area contributed by atoms with E-state index in [0.29, 0.717) is 13.2 Å². The molecule has 1 fully saturated rings. The fourth-order valence-corrected chi connectivity index (χ4v) is 0.943. The van der Waals surface area contributed by atoms with Crippen molar-refractivity contribution >= 4 is 0 Å². The minimum atomic E-state index is -0.320. The first kappa shape index (κ1) is 7.72. The summed E-state index contributed by atoms with van der Waals surface area (Å²) in [4.78, 5) is 5.10. The van der Waals surface area contributed by atoms with Crippen LogP contribution in [0.2, 0.25) is 0 Å². The fourth-order valence-electron chi connectivity index (χ4n) is 0.943. The third-order valence-electron chi connectivity index (χ3n) is 1.31. The molecule has 1 atom stereocenters. The first-order valence-electron chi connectivity index (χ1n) is 3.39. The van der Waals surface area contributed by atoms with Crippen molar-refractivity contribution in [2.24, 2.45) is 0 Å². The number of aliphatic hydroxyl groups is 1. The Morgan fingerprint density at radius 2 is 2.60 bits per heavy atom. The summed E-state index contributed by atoms with van der Waals surface area (Å²) < 4.78 is 0. The Hall–Kier alpha value is -0.380. The van der Waals surface area contributed by atoms with Gasteiger partial charge in [-0.2, -0.15) is 5.06 Å². The van der Waals surface area contributed by atoms with Crippen LogP contribution in [-0.4, -0.2) is 36.0 Å². The second kappa shape index (κ2) is 3.14. The third-order valence-corrected chi connectivity index (χ3v) is 1.31. The molecule has 0 aromatic heterocycles. The molecular weight excluding hydrogens is 130 g/mol. The molecule has 3 nitrogen and oxygen atoms in total. The summed E-state index contributed by atoms with van der Waals surface area (Å²) in [6, 6.07) is 0. The minimum Gasteiger partial charge on any atom is -0.389 e. The van der Waals surface area contributed by atoms with E-state index in [1.54, 1.807) is 5.06 Å². The van der Waals surface area contributed by atoms with Crippen LogP contribution >= 0.6 is 0 Å². The van der Waals surface area contributed by atoms with Crippen molar-refractivity contribution in [3.8, 4) is 0 Å². The van der Waals surface area contributed by atoms with E-state index in [1.807, 2.05) is 6.92 Å². The molecule has 1 rings (SSSR count). The summed E-state index contributed by atoms with van der Waals surface area (Å²) in [5, 5.41) is 10.7. The molecule has 1 N–H and O–H groups in total. The average Bonchev–Trinajstić information content (AvgIpc) is 2.13. The second-order valence-corrected chi connectivity index (χ2v) is 2.73. The zero-order valence-electron chi connectivity index (χ0n) is 6.21. The summed E-state index contributed by atoms with van der Waals surface area (Å²) in [7, 11) is 0. The van der Waals surface area contributed by atoms with Crippen molar-refractivity contribution in [3.05, 3.63) is 12.2 Å². The zero-order chi connectivity index (χ0) is 7.56. The van der Waals surface area contributed by atoms with Gasteiger partial charge in [-0.25, -0.2) is 0 Å². The standard InChI is InChI=1S/C7H13NO2/c1-6(2)3-8-4-7(9)5-10-8/h7,9H,1,3-5H2,2H3/t7-/m1/s1. The highest BCUT2D eigenvalue weighted by Crippen LogP contribution is 2.06. The Labute approximate surface area is 60.9 Å². The molecular formula is C7H13NO2. The van der Waals surface area contributed by atoms with Crippen molar-refractivity contribution in [3.63, 3.8) is 0 Å². The summed E-state index contributed by atoms with van der Waals surface area (Å²) in [6.45, 7) is 7.43. The molecule has 0 aromatic carbocycles. The van der Waals surface area contributed by atoms with Crippen LogP contribution in [0.1, 0.15) is 6.92 Å². The minimum absolute atomic E-state index is 0.320. The van der Waals surface area contributed by atoms with Gasteiger partial charge in [-0.1, -0.05) is 12.2 Å². The SMILES string of the molecule is C=C(C)CN1C[C@@H](O)CO1. The first-order chi connectivity index (χ1) is 4.68. The smallest absolute Gasteiger partial charge is 0.0958 e. The average molecular weight is 143 g/mol. The van der Waals surface area contributed by atoms with Gasteiger partial charge in [-0.05, 0) is 6.92 Å². The van der Waals surface area contributed by atoms with Gasteiger partial charge in [0.15, 0.2) is 0 Å². The molecule has 1 aliphatic heterocycles. The van der Waals surface area contributed by atoms with E-state index in [0.717, 1.165) is 12.1 Å². The number of hydroxylamine groups is 2. The first-order valence-corrected chi connectivity index (χ1v) is 3.39. The second-order valence-electron chi connectivity index (χ2n) is 2.73. The maximum Gasteiger partial charge on any atom is 0.0958 e. The maximum atomic E-state index is 9.02. The molecule has 1 heterocycles. The van der Waals surface area contributed by atoms with Crippen LogP contribution in [0, 0.1) is 0 Å². The lowest BCUT2D eigenvalue weighted by Gasteiger charge is -2.12. The van der Waals surface area contributed by atoms with Crippen LogP contribution in [0.15, 0.2) is 12.2 Å². The van der Waals surface area contributed by atoms with Crippen LogP contribution in [0.25, 0.3) is 0 Å². The van der Waals surface area contributed by atoms with E-state index in [2.05, 4.69) is 6.58 Å². The Bertz CT molecular complexity index is 136. The molecule has 1 saturated heterocycles. The van der Waals surface area contributed by atoms with Gasteiger partial charge in [-0.15, -0.1) is 0 Å². The predicted molar refractivity (Wildman–Crippen MR) is 38.3 cm³/mol. The summed E-state index contributed by atoms with van der Waals surface area (Å²) in [6.07, 6.45) is -0.320. The van der Waals surface area contributed by atoms with Gasteiger partial charge in [0.2, 0.25) is 0 Å². The zero-order valence-corrected chi connectivity index (χ0v) is 6.21. The predicted octanol–water partition coefficient (Wildman–Crippen LogP) is 0.171. The Morgan fingerprint density at radius 1 is 1.90 bits per heavy atom. The molecule has 0 radical (unpaired) electrons. The van der Waals surface area contributed by atoms with Crippen molar-refractivity contribution in [2.75, 3.05) is 19.7 Å². The van der Waals surface area contributed by atoms with Crippen LogP contribution in [-0.2, 0) is 4.84 Å². The van der Waals surface area contributed by atoms with Crippen LogP contribution in [0.4, 0.5) is 0 Å². The summed E-state index contributed by atoms with van der Waals surface area (Å²) in [5.74, 6) is 0. The number of β-amino-alcohol motifs (C(OH)–C–C–N with tert-alkyl or cyclic N) is 1. The van der Waals surface area contributed by atoms with Gasteiger partial charge in [-0.3, -0.25) is 4.84 Å². The third kappa shape index (κ3) is 2.10. The molecule has 10 heavy (non-hydrogen) atoms. The van der Waals surface area contributed by atoms with Crippen molar-refractivity contribution < 1.29 is 9.94 Å². The summed E-state index contributed by atoms with van der Waals surface area (Å²) in [5.41, 5.74) is 1.05. The molecule has 0 amide bonds. The highest BCUT2D eigenvalue weighted by atomic mass is 16.7. The molecule has 1 aliphatic rings. The van der Waals surface area contributed by atoms with E-state index in [9.17, 15) is 0 Å². The van der Waals surface area contributed by atoms with E-state index < -0.39 is 0 Å². The molecule has 0 aliphatic carbocycles. The number of nitrogens with zero attached hydrogens (tertiary/aromatic N) is 1. The molecule has 0 saturated carbocycles. The summed E-state index contributed by atoms with van der Waals surface area (Å²) >= 11 is 0. The van der Waals surface area contributed by atoms with E-state index in [-0.39, 0.29) is 6.10 Å². The van der Waals surface area contributed by atoms with Crippen LogP contribution < -0.4 is 0 Å². The lowest BCUT2D eigenvalue weighted by molar-refractivity contribution is -0.103. The molecule has 0 unspecified atom stereocenters. The normalized spacial score (nSPS) is 27.2. The fraction of sp³-hybridized carbons (Fsp3) is 0.714. The Balaban J connectivity index is 2.24. The molecule has 0 aromatic rings. The molecule has 58 valence electrons. The lowest BCUT2D eigenvalue weighted by atomic mass is 10.3. The highest BCUT2D eigenvalue weighted by molar-refractivity contribution is 4.91. The number of aliphatic hydroxyl groups excluding tert-OH is 1. The highest BCUT2D eigenvalue weighted by Gasteiger charge is 2.20. The number of rotatable bonds is 2.